The first-order valence-corrected chi connectivity index (χ1v) is 6.55. The predicted molar refractivity (Wildman–Crippen MR) is 74.8 cm³/mol. The highest BCUT2D eigenvalue weighted by molar-refractivity contribution is 6.33. The van der Waals surface area contributed by atoms with Crippen LogP contribution in [0.15, 0.2) is 18.2 Å². The summed E-state index contributed by atoms with van der Waals surface area (Å²) < 4.78 is 0. The molecule has 0 spiro atoms. The Bertz CT molecular complexity index is 353. The van der Waals surface area contributed by atoms with Gasteiger partial charge >= 0.3 is 0 Å². The van der Waals surface area contributed by atoms with E-state index in [4.69, 9.17) is 11.6 Å². The fourth-order valence-corrected chi connectivity index (χ4v) is 2.13. The van der Waals surface area contributed by atoms with Crippen molar-refractivity contribution in [2.45, 2.75) is 33.6 Å². The van der Waals surface area contributed by atoms with Crippen LogP contribution in [-0.4, -0.2) is 18.3 Å². The van der Waals surface area contributed by atoms with E-state index in [1.807, 2.05) is 25.1 Å². The lowest BCUT2D eigenvalue weighted by molar-refractivity contribution is 0.127. The van der Waals surface area contributed by atoms with Crippen LogP contribution in [0.5, 0.6) is 0 Å². The number of rotatable bonds is 6. The average molecular weight is 256 g/mol. The molecule has 2 nitrogen and oxygen atoms in total. The number of halogens is 1. The van der Waals surface area contributed by atoms with Gasteiger partial charge in [0, 0.05) is 12.0 Å². The first-order valence-electron chi connectivity index (χ1n) is 6.18. The summed E-state index contributed by atoms with van der Waals surface area (Å²) in [6.45, 7) is 7.19. The molecule has 0 amide bonds. The lowest BCUT2D eigenvalue weighted by atomic mass is 9.83. The second-order valence-electron chi connectivity index (χ2n) is 4.70. The molecule has 3 heteroatoms. The van der Waals surface area contributed by atoms with E-state index in [1.54, 1.807) is 0 Å². The third-order valence-electron chi connectivity index (χ3n) is 3.61. The van der Waals surface area contributed by atoms with Crippen molar-refractivity contribution in [3.63, 3.8) is 0 Å². The Morgan fingerprint density at radius 3 is 2.41 bits per heavy atom. The largest absolute Gasteiger partial charge is 0.396 e. The summed E-state index contributed by atoms with van der Waals surface area (Å²) in [5.41, 5.74) is 2.05. The molecule has 0 saturated heterocycles. The summed E-state index contributed by atoms with van der Waals surface area (Å²) >= 11 is 6.16. The molecule has 96 valence electrons. The summed E-state index contributed by atoms with van der Waals surface area (Å²) in [7, 11) is 0. The molecule has 0 aliphatic heterocycles. The summed E-state index contributed by atoms with van der Waals surface area (Å²) in [5.74, 6) is 0. The summed E-state index contributed by atoms with van der Waals surface area (Å²) in [6, 6.07) is 5.97. The normalized spacial score (nSPS) is 11.6. The Kier molecular flexibility index (Phi) is 5.29. The second-order valence-corrected chi connectivity index (χ2v) is 5.11. The molecule has 1 rings (SSSR count). The van der Waals surface area contributed by atoms with Gasteiger partial charge in [-0.25, -0.2) is 0 Å². The van der Waals surface area contributed by atoms with Gasteiger partial charge in [-0.2, -0.15) is 0 Å². The highest BCUT2D eigenvalue weighted by Crippen LogP contribution is 2.28. The van der Waals surface area contributed by atoms with Crippen LogP contribution in [0.25, 0.3) is 0 Å². The molecule has 0 bridgehead atoms. The maximum absolute atomic E-state index is 9.49. The van der Waals surface area contributed by atoms with Gasteiger partial charge in [0.25, 0.3) is 0 Å². The molecule has 0 atom stereocenters. The van der Waals surface area contributed by atoms with Gasteiger partial charge in [-0.05, 0) is 37.5 Å². The Labute approximate surface area is 109 Å². The van der Waals surface area contributed by atoms with Gasteiger partial charge in [0.05, 0.1) is 17.3 Å². The first kappa shape index (κ1) is 14.3. The first-order chi connectivity index (χ1) is 8.06. The van der Waals surface area contributed by atoms with Crippen LogP contribution in [0.2, 0.25) is 5.02 Å². The van der Waals surface area contributed by atoms with Crippen LogP contribution in [0.4, 0.5) is 5.69 Å². The fraction of sp³-hybridized carbons (Fsp3) is 0.571. The molecule has 0 fully saturated rings. The lowest BCUT2D eigenvalue weighted by Gasteiger charge is -2.30. The number of anilines is 1. The van der Waals surface area contributed by atoms with E-state index < -0.39 is 0 Å². The number of nitrogens with one attached hydrogen (secondary N) is 1. The van der Waals surface area contributed by atoms with Crippen molar-refractivity contribution in [1.29, 1.82) is 0 Å². The zero-order valence-electron chi connectivity index (χ0n) is 10.9. The topological polar surface area (TPSA) is 32.3 Å². The molecule has 0 heterocycles. The molecule has 0 saturated carbocycles. The number of aliphatic hydroxyl groups is 1. The van der Waals surface area contributed by atoms with Gasteiger partial charge in [0.2, 0.25) is 0 Å². The van der Waals surface area contributed by atoms with E-state index in [0.29, 0.717) is 0 Å². The SMILES string of the molecule is CCC(CC)(CO)CNc1ccc(C)cc1Cl. The van der Waals surface area contributed by atoms with E-state index in [9.17, 15) is 5.11 Å². The van der Waals surface area contributed by atoms with Crippen LogP contribution in [0, 0.1) is 12.3 Å². The van der Waals surface area contributed by atoms with E-state index in [-0.39, 0.29) is 12.0 Å². The minimum Gasteiger partial charge on any atom is -0.396 e. The molecular weight excluding hydrogens is 234 g/mol. The molecule has 2 N–H and O–H groups in total. The van der Waals surface area contributed by atoms with Crippen molar-refractivity contribution < 1.29 is 5.11 Å². The van der Waals surface area contributed by atoms with Crippen LogP contribution in [0.1, 0.15) is 32.3 Å². The van der Waals surface area contributed by atoms with Crippen molar-refractivity contribution in [2.75, 3.05) is 18.5 Å². The summed E-state index contributed by atoms with van der Waals surface area (Å²) in [6.07, 6.45) is 1.91. The molecule has 1 aromatic carbocycles. The van der Waals surface area contributed by atoms with Crippen molar-refractivity contribution in [3.8, 4) is 0 Å². The third-order valence-corrected chi connectivity index (χ3v) is 3.93. The molecule has 0 aliphatic rings. The van der Waals surface area contributed by atoms with Crippen molar-refractivity contribution in [3.05, 3.63) is 28.8 Å². The average Bonchev–Trinajstić information content (AvgIpc) is 2.33. The fourth-order valence-electron chi connectivity index (χ4n) is 1.83. The molecular formula is C14H22ClNO. The monoisotopic (exact) mass is 255 g/mol. The van der Waals surface area contributed by atoms with Crippen molar-refractivity contribution in [1.82, 2.24) is 0 Å². The number of hydrogen-bond acceptors (Lipinski definition) is 2. The van der Waals surface area contributed by atoms with Gasteiger partial charge < -0.3 is 10.4 Å². The molecule has 1 aromatic rings. The Balaban J connectivity index is 2.72. The smallest absolute Gasteiger partial charge is 0.0640 e. The zero-order chi connectivity index (χ0) is 12.9. The highest BCUT2D eigenvalue weighted by Gasteiger charge is 2.25. The molecule has 0 unspecified atom stereocenters. The third kappa shape index (κ3) is 3.62. The van der Waals surface area contributed by atoms with E-state index >= 15 is 0 Å². The van der Waals surface area contributed by atoms with Gasteiger partial charge in [-0.15, -0.1) is 0 Å². The van der Waals surface area contributed by atoms with Gasteiger partial charge in [0.1, 0.15) is 0 Å². The number of aliphatic hydroxyl groups excluding tert-OH is 1. The van der Waals surface area contributed by atoms with Crippen LogP contribution in [-0.2, 0) is 0 Å². The minimum absolute atomic E-state index is 0.0474. The number of aryl methyl sites for hydroxylation is 1. The van der Waals surface area contributed by atoms with E-state index in [0.717, 1.165) is 35.7 Å². The zero-order valence-corrected chi connectivity index (χ0v) is 11.6. The number of benzene rings is 1. The van der Waals surface area contributed by atoms with E-state index in [2.05, 4.69) is 19.2 Å². The lowest BCUT2D eigenvalue weighted by Crippen LogP contribution is -2.32. The van der Waals surface area contributed by atoms with Gasteiger partial charge in [0.15, 0.2) is 0 Å². The Morgan fingerprint density at radius 1 is 1.29 bits per heavy atom. The van der Waals surface area contributed by atoms with Crippen LogP contribution < -0.4 is 5.32 Å². The maximum Gasteiger partial charge on any atom is 0.0640 e. The minimum atomic E-state index is -0.0474. The standard InChI is InChI=1S/C14H22ClNO/c1-4-14(5-2,10-17)9-16-13-7-6-11(3)8-12(13)15/h6-8,16-17H,4-5,9-10H2,1-3H3. The quantitative estimate of drug-likeness (QED) is 0.809. The summed E-state index contributed by atoms with van der Waals surface area (Å²) in [5, 5.41) is 13.6. The van der Waals surface area contributed by atoms with E-state index in [1.165, 1.54) is 0 Å². The molecule has 0 aromatic heterocycles. The van der Waals surface area contributed by atoms with Gasteiger partial charge in [-0.3, -0.25) is 0 Å². The van der Waals surface area contributed by atoms with Crippen LogP contribution in [0.3, 0.4) is 0 Å². The Hall–Kier alpha value is -0.730. The molecule has 0 radical (unpaired) electrons. The maximum atomic E-state index is 9.49. The van der Waals surface area contributed by atoms with Gasteiger partial charge in [-0.1, -0.05) is 31.5 Å². The molecule has 0 aliphatic carbocycles. The van der Waals surface area contributed by atoms with Crippen LogP contribution >= 0.6 is 11.6 Å². The second kappa shape index (κ2) is 6.27. The van der Waals surface area contributed by atoms with Crippen molar-refractivity contribution >= 4 is 17.3 Å². The van der Waals surface area contributed by atoms with Crippen molar-refractivity contribution in [2.24, 2.45) is 5.41 Å². The highest BCUT2D eigenvalue weighted by atomic mass is 35.5. The predicted octanol–water partition coefficient (Wildman–Crippen LogP) is 3.86. The Morgan fingerprint density at radius 2 is 1.94 bits per heavy atom. The molecule has 17 heavy (non-hydrogen) atoms. The number of hydrogen-bond donors (Lipinski definition) is 2. The summed E-state index contributed by atoms with van der Waals surface area (Å²) in [4.78, 5) is 0.